The molecule has 0 amide bonds. The molecule has 1 aromatic heterocycles. The molecule has 0 aliphatic carbocycles. The monoisotopic (exact) mass is 366 g/mol. The number of thioether (sulfide) groups is 1. The van der Waals surface area contributed by atoms with Crippen LogP contribution in [0, 0.1) is 0 Å². The molecule has 0 atom stereocenters. The standard InChI is InChI=1S/C17H19FN2O4S/c18-5-6-22-7-8-23-9-10-24-15-4-2-1-3-13(15)14-11-20-16(21)12-25-17(20)19-14/h1-4,11H,5-10,12H2. The van der Waals surface area contributed by atoms with Crippen LogP contribution in [0.1, 0.15) is 4.79 Å². The van der Waals surface area contributed by atoms with Crippen LogP contribution >= 0.6 is 11.8 Å². The number of nitrogens with zero attached hydrogens (tertiary/aromatic N) is 2. The fraction of sp³-hybridized carbons (Fsp3) is 0.412. The third-order valence-corrected chi connectivity index (χ3v) is 4.45. The Morgan fingerprint density at radius 2 is 1.88 bits per heavy atom. The van der Waals surface area contributed by atoms with Gasteiger partial charge in [-0.3, -0.25) is 9.36 Å². The molecular weight excluding hydrogens is 347 g/mol. The Balaban J connectivity index is 1.53. The Morgan fingerprint density at radius 3 is 2.68 bits per heavy atom. The Kier molecular flexibility index (Phi) is 6.43. The highest BCUT2D eigenvalue weighted by Gasteiger charge is 2.23. The lowest BCUT2D eigenvalue weighted by Crippen LogP contribution is -2.11. The van der Waals surface area contributed by atoms with Crippen LogP contribution in [-0.2, 0) is 9.47 Å². The van der Waals surface area contributed by atoms with E-state index in [0.717, 1.165) is 5.56 Å². The molecule has 0 N–H and O–H groups in total. The van der Waals surface area contributed by atoms with Crippen molar-refractivity contribution in [2.45, 2.75) is 5.16 Å². The number of imidazole rings is 1. The molecule has 1 aromatic carbocycles. The minimum absolute atomic E-state index is 0.0422. The Bertz CT molecular complexity index is 722. The lowest BCUT2D eigenvalue weighted by atomic mass is 10.1. The smallest absolute Gasteiger partial charge is 0.243 e. The molecule has 0 radical (unpaired) electrons. The van der Waals surface area contributed by atoms with E-state index in [1.54, 1.807) is 10.8 Å². The largest absolute Gasteiger partial charge is 0.490 e. The van der Waals surface area contributed by atoms with Crippen LogP contribution in [0.3, 0.4) is 0 Å². The van der Waals surface area contributed by atoms with Crippen molar-refractivity contribution >= 4 is 17.7 Å². The van der Waals surface area contributed by atoms with Crippen LogP contribution < -0.4 is 4.74 Å². The third-order valence-electron chi connectivity index (χ3n) is 3.51. The van der Waals surface area contributed by atoms with Gasteiger partial charge in [0.05, 0.1) is 37.9 Å². The zero-order valence-corrected chi connectivity index (χ0v) is 14.5. The number of rotatable bonds is 10. The number of para-hydroxylation sites is 1. The quantitative estimate of drug-likeness (QED) is 0.603. The molecule has 1 aliphatic heterocycles. The number of carbonyl (C=O) groups is 1. The van der Waals surface area contributed by atoms with Crippen molar-refractivity contribution < 1.29 is 23.4 Å². The predicted octanol–water partition coefficient (Wildman–Crippen LogP) is 2.68. The minimum atomic E-state index is -0.485. The van der Waals surface area contributed by atoms with Crippen molar-refractivity contribution in [2.24, 2.45) is 0 Å². The van der Waals surface area contributed by atoms with Gasteiger partial charge in [-0.2, -0.15) is 0 Å². The zero-order valence-electron chi connectivity index (χ0n) is 13.7. The SMILES string of the molecule is O=C1CSc2nc(-c3ccccc3OCCOCCOCCF)cn21. The van der Waals surface area contributed by atoms with E-state index in [1.165, 1.54) is 11.8 Å². The molecule has 0 fully saturated rings. The van der Waals surface area contributed by atoms with E-state index in [4.69, 9.17) is 14.2 Å². The van der Waals surface area contributed by atoms with Gasteiger partial charge in [-0.15, -0.1) is 0 Å². The number of aromatic nitrogens is 2. The molecule has 6 nitrogen and oxygen atoms in total. The normalized spacial score (nSPS) is 13.2. The van der Waals surface area contributed by atoms with Crippen LogP contribution in [0.4, 0.5) is 4.39 Å². The molecule has 0 unspecified atom stereocenters. The van der Waals surface area contributed by atoms with Crippen molar-refractivity contribution in [2.75, 3.05) is 45.5 Å². The molecule has 0 saturated carbocycles. The lowest BCUT2D eigenvalue weighted by molar-refractivity contribution is 0.0325. The van der Waals surface area contributed by atoms with Gasteiger partial charge in [-0.1, -0.05) is 23.9 Å². The highest BCUT2D eigenvalue weighted by Crippen LogP contribution is 2.33. The molecule has 1 aliphatic rings. The lowest BCUT2D eigenvalue weighted by Gasteiger charge is -2.10. The molecule has 25 heavy (non-hydrogen) atoms. The number of benzene rings is 1. The summed E-state index contributed by atoms with van der Waals surface area (Å²) >= 11 is 1.44. The molecule has 134 valence electrons. The van der Waals surface area contributed by atoms with E-state index < -0.39 is 6.67 Å². The predicted molar refractivity (Wildman–Crippen MR) is 92.1 cm³/mol. The second kappa shape index (κ2) is 8.98. The Morgan fingerprint density at radius 1 is 1.12 bits per heavy atom. The van der Waals surface area contributed by atoms with Gasteiger partial charge < -0.3 is 14.2 Å². The number of hydrogen-bond acceptors (Lipinski definition) is 6. The van der Waals surface area contributed by atoms with E-state index in [-0.39, 0.29) is 12.5 Å². The van der Waals surface area contributed by atoms with Gasteiger partial charge in [0.2, 0.25) is 5.91 Å². The van der Waals surface area contributed by atoms with Gasteiger partial charge >= 0.3 is 0 Å². The number of ether oxygens (including phenoxy) is 3. The van der Waals surface area contributed by atoms with Crippen LogP contribution in [0.5, 0.6) is 5.75 Å². The van der Waals surface area contributed by atoms with E-state index in [9.17, 15) is 9.18 Å². The van der Waals surface area contributed by atoms with Crippen LogP contribution in [0.25, 0.3) is 11.3 Å². The summed E-state index contributed by atoms with van der Waals surface area (Å²) in [5, 5.41) is 0.714. The highest BCUT2D eigenvalue weighted by molar-refractivity contribution is 8.00. The van der Waals surface area contributed by atoms with Crippen LogP contribution in [-0.4, -0.2) is 60.9 Å². The first kappa shape index (κ1) is 17.9. The molecule has 3 rings (SSSR count). The van der Waals surface area contributed by atoms with Gasteiger partial charge in [0.15, 0.2) is 5.16 Å². The van der Waals surface area contributed by atoms with Gasteiger partial charge in [-0.25, -0.2) is 9.37 Å². The first-order chi connectivity index (χ1) is 12.3. The minimum Gasteiger partial charge on any atom is -0.490 e. The number of alkyl halides is 1. The Hall–Kier alpha value is -1.90. The maximum absolute atomic E-state index is 11.9. The average molecular weight is 366 g/mol. The molecule has 0 saturated heterocycles. The average Bonchev–Trinajstić information content (AvgIpc) is 3.20. The second-order valence-electron chi connectivity index (χ2n) is 5.22. The van der Waals surface area contributed by atoms with Gasteiger partial charge in [-0.05, 0) is 12.1 Å². The fourth-order valence-electron chi connectivity index (χ4n) is 2.36. The molecule has 8 heteroatoms. The van der Waals surface area contributed by atoms with E-state index >= 15 is 0 Å². The maximum Gasteiger partial charge on any atom is 0.243 e. The summed E-state index contributed by atoms with van der Waals surface area (Å²) in [7, 11) is 0. The maximum atomic E-state index is 11.9. The third kappa shape index (κ3) is 4.59. The van der Waals surface area contributed by atoms with Crippen LogP contribution in [0.15, 0.2) is 35.6 Å². The summed E-state index contributed by atoms with van der Waals surface area (Å²) < 4.78 is 29.6. The first-order valence-electron chi connectivity index (χ1n) is 7.98. The van der Waals surface area contributed by atoms with Gasteiger partial charge in [0, 0.05) is 11.8 Å². The number of halogens is 1. The molecule has 2 aromatic rings. The topological polar surface area (TPSA) is 62.6 Å². The van der Waals surface area contributed by atoms with Gasteiger partial charge in [0.25, 0.3) is 0 Å². The zero-order chi connectivity index (χ0) is 17.5. The van der Waals surface area contributed by atoms with Crippen LogP contribution in [0.2, 0.25) is 0 Å². The second-order valence-corrected chi connectivity index (χ2v) is 6.16. The number of fused-ring (bicyclic) bond motifs is 1. The van der Waals surface area contributed by atoms with E-state index in [2.05, 4.69) is 4.98 Å². The number of carbonyl (C=O) groups excluding carboxylic acids is 1. The van der Waals surface area contributed by atoms with Crippen molar-refractivity contribution in [3.63, 3.8) is 0 Å². The summed E-state index contributed by atoms with van der Waals surface area (Å²) in [6.07, 6.45) is 1.75. The van der Waals surface area contributed by atoms with Crippen molar-refractivity contribution in [1.82, 2.24) is 9.55 Å². The van der Waals surface area contributed by atoms with Gasteiger partial charge in [0.1, 0.15) is 19.0 Å². The highest BCUT2D eigenvalue weighted by atomic mass is 32.2. The summed E-state index contributed by atoms with van der Waals surface area (Å²) in [6.45, 7) is 1.16. The molecule has 2 heterocycles. The first-order valence-corrected chi connectivity index (χ1v) is 8.97. The summed E-state index contributed by atoms with van der Waals surface area (Å²) in [5.41, 5.74) is 1.55. The molecular formula is C17H19FN2O4S. The van der Waals surface area contributed by atoms with Crippen molar-refractivity contribution in [3.05, 3.63) is 30.5 Å². The van der Waals surface area contributed by atoms with Crippen molar-refractivity contribution in [3.8, 4) is 17.0 Å². The molecule has 0 bridgehead atoms. The van der Waals surface area contributed by atoms with E-state index in [0.29, 0.717) is 48.8 Å². The number of hydrogen-bond donors (Lipinski definition) is 0. The molecule has 0 spiro atoms. The van der Waals surface area contributed by atoms with Crippen molar-refractivity contribution in [1.29, 1.82) is 0 Å². The summed E-state index contributed by atoms with van der Waals surface area (Å²) in [4.78, 5) is 16.3. The fourth-order valence-corrected chi connectivity index (χ4v) is 3.21. The Labute approximate surface area is 149 Å². The van der Waals surface area contributed by atoms with E-state index in [1.807, 2.05) is 24.3 Å². The summed E-state index contributed by atoms with van der Waals surface area (Å²) in [5.74, 6) is 1.17. The summed E-state index contributed by atoms with van der Waals surface area (Å²) in [6, 6.07) is 7.56.